The number of aromatic nitrogens is 2. The van der Waals surface area contributed by atoms with Gasteiger partial charge < -0.3 is 5.32 Å². The highest BCUT2D eigenvalue weighted by atomic mass is 32.2. The number of anilines is 1. The summed E-state index contributed by atoms with van der Waals surface area (Å²) in [6.45, 7) is 12.8. The molecule has 196 valence electrons. The van der Waals surface area contributed by atoms with Gasteiger partial charge in [-0.15, -0.1) is 11.8 Å². The van der Waals surface area contributed by atoms with Crippen molar-refractivity contribution in [2.45, 2.75) is 52.2 Å². The van der Waals surface area contributed by atoms with Crippen LogP contribution in [0.4, 0.5) is 10.2 Å². The van der Waals surface area contributed by atoms with Gasteiger partial charge in [-0.05, 0) is 42.7 Å². The molecule has 1 aromatic heterocycles. The van der Waals surface area contributed by atoms with Crippen LogP contribution in [0.3, 0.4) is 0 Å². The van der Waals surface area contributed by atoms with E-state index in [0.717, 1.165) is 22.4 Å². The van der Waals surface area contributed by atoms with Crippen LogP contribution in [-0.2, 0) is 15.0 Å². The van der Waals surface area contributed by atoms with Gasteiger partial charge in [-0.1, -0.05) is 64.4 Å². The highest BCUT2D eigenvalue weighted by Gasteiger charge is 2.39. The normalized spacial score (nSPS) is 16.1. The molecule has 8 heteroatoms. The third-order valence-electron chi connectivity index (χ3n) is 6.22. The number of carbonyl (C=O) groups is 2. The number of nitrogens with zero attached hydrogens (tertiary/aromatic N) is 3. The van der Waals surface area contributed by atoms with E-state index in [9.17, 15) is 14.0 Å². The minimum Gasteiger partial charge on any atom is -0.354 e. The van der Waals surface area contributed by atoms with Crippen molar-refractivity contribution in [3.05, 3.63) is 76.7 Å². The van der Waals surface area contributed by atoms with Crippen LogP contribution < -0.4 is 10.2 Å². The second-order valence-corrected chi connectivity index (χ2v) is 12.1. The maximum absolute atomic E-state index is 13.8. The van der Waals surface area contributed by atoms with E-state index in [1.807, 2.05) is 19.9 Å². The first-order valence-corrected chi connectivity index (χ1v) is 13.6. The molecule has 6 nitrogen and oxygen atoms in total. The van der Waals surface area contributed by atoms with Crippen molar-refractivity contribution in [2.75, 3.05) is 23.7 Å². The predicted molar refractivity (Wildman–Crippen MR) is 148 cm³/mol. The molecule has 0 fully saturated rings. The van der Waals surface area contributed by atoms with Crippen molar-refractivity contribution in [1.82, 2.24) is 15.1 Å². The molecule has 1 atom stereocenters. The summed E-state index contributed by atoms with van der Waals surface area (Å²) in [5, 5.41) is 7.80. The molecule has 3 aromatic rings. The molecule has 0 unspecified atom stereocenters. The zero-order valence-electron chi connectivity index (χ0n) is 22.3. The Morgan fingerprint density at radius 3 is 2.51 bits per heavy atom. The van der Waals surface area contributed by atoms with Gasteiger partial charge >= 0.3 is 0 Å². The van der Waals surface area contributed by atoms with Crippen molar-refractivity contribution >= 4 is 29.4 Å². The molecular formula is C29H35FN4O2S. The van der Waals surface area contributed by atoms with Gasteiger partial charge in [-0.2, -0.15) is 5.10 Å². The third-order valence-corrected chi connectivity index (χ3v) is 7.48. The number of thioether (sulfide) groups is 1. The van der Waals surface area contributed by atoms with Crippen LogP contribution in [0.15, 0.2) is 48.5 Å². The maximum atomic E-state index is 13.8. The molecule has 0 spiro atoms. The van der Waals surface area contributed by atoms with E-state index in [1.54, 1.807) is 33.5 Å². The number of nitrogens with one attached hydrogen (secondary N) is 1. The van der Waals surface area contributed by atoms with E-state index < -0.39 is 0 Å². The van der Waals surface area contributed by atoms with Gasteiger partial charge in [0.25, 0.3) is 0 Å². The monoisotopic (exact) mass is 522 g/mol. The van der Waals surface area contributed by atoms with Crippen molar-refractivity contribution in [3.8, 4) is 5.69 Å². The fourth-order valence-corrected chi connectivity index (χ4v) is 5.64. The average molecular weight is 523 g/mol. The molecule has 4 rings (SSSR count). The molecule has 2 amide bonds. The van der Waals surface area contributed by atoms with E-state index in [4.69, 9.17) is 5.10 Å². The standard InChI is InChI=1S/C29H35FN4O2S/c1-18(2)15-31-23(35)16-33-24(36)17-37-26(20-9-7-8-19(3)14-20)25-27(29(4,5)6)32-34(28(25)33)22-12-10-21(30)11-13-22/h7-14,18,26H,15-17H2,1-6H3,(H,31,35)/t26-/m1/s1. The van der Waals surface area contributed by atoms with Gasteiger partial charge in [-0.25, -0.2) is 9.07 Å². The average Bonchev–Trinajstić information content (AvgIpc) is 3.16. The van der Waals surface area contributed by atoms with Crippen LogP contribution in [0.1, 0.15) is 62.3 Å². The summed E-state index contributed by atoms with van der Waals surface area (Å²) in [4.78, 5) is 28.2. The van der Waals surface area contributed by atoms with Crippen molar-refractivity contribution in [1.29, 1.82) is 0 Å². The lowest BCUT2D eigenvalue weighted by Crippen LogP contribution is -2.43. The summed E-state index contributed by atoms with van der Waals surface area (Å²) in [5.74, 6) is 0.335. The van der Waals surface area contributed by atoms with E-state index in [1.165, 1.54) is 12.1 Å². The Labute approximate surface area is 222 Å². The van der Waals surface area contributed by atoms with Gasteiger partial charge in [0.15, 0.2) is 0 Å². The molecule has 0 aliphatic carbocycles. The van der Waals surface area contributed by atoms with Crippen molar-refractivity contribution in [3.63, 3.8) is 0 Å². The molecule has 37 heavy (non-hydrogen) atoms. The molecule has 1 aliphatic heterocycles. The zero-order chi connectivity index (χ0) is 26.9. The van der Waals surface area contributed by atoms with Gasteiger partial charge in [-0.3, -0.25) is 14.5 Å². The zero-order valence-corrected chi connectivity index (χ0v) is 23.2. The first-order valence-electron chi connectivity index (χ1n) is 12.6. The van der Waals surface area contributed by atoms with Crippen LogP contribution in [0.2, 0.25) is 0 Å². The van der Waals surface area contributed by atoms with Crippen LogP contribution in [-0.4, -0.2) is 40.4 Å². The van der Waals surface area contributed by atoms with Crippen molar-refractivity contribution < 1.29 is 14.0 Å². The summed E-state index contributed by atoms with van der Waals surface area (Å²) in [7, 11) is 0. The first kappa shape index (κ1) is 26.9. The Bertz CT molecular complexity index is 1290. The first-order chi connectivity index (χ1) is 17.5. The summed E-state index contributed by atoms with van der Waals surface area (Å²) < 4.78 is 15.5. The minimum atomic E-state index is -0.354. The summed E-state index contributed by atoms with van der Waals surface area (Å²) in [6, 6.07) is 14.3. The SMILES string of the molecule is Cc1cccc([C@H]2SCC(=O)N(CC(=O)NCC(C)C)c3c2c(C(C)(C)C)nn3-c2ccc(F)cc2)c1. The highest BCUT2D eigenvalue weighted by Crippen LogP contribution is 2.48. The Kier molecular flexibility index (Phi) is 7.78. The third kappa shape index (κ3) is 5.90. The molecule has 1 aliphatic rings. The summed E-state index contributed by atoms with van der Waals surface area (Å²) >= 11 is 1.55. The topological polar surface area (TPSA) is 67.2 Å². The fraction of sp³-hybridized carbons (Fsp3) is 0.414. The highest BCUT2D eigenvalue weighted by molar-refractivity contribution is 8.00. The number of hydrogen-bond donors (Lipinski definition) is 1. The Balaban J connectivity index is 1.96. The number of fused-ring (bicyclic) bond motifs is 1. The number of amides is 2. The van der Waals surface area contributed by atoms with Gasteiger partial charge in [0.05, 0.1) is 22.4 Å². The van der Waals surface area contributed by atoms with E-state index in [2.05, 4.69) is 51.2 Å². The lowest BCUT2D eigenvalue weighted by molar-refractivity contribution is -0.123. The lowest BCUT2D eigenvalue weighted by atomic mass is 9.87. The Morgan fingerprint density at radius 1 is 1.19 bits per heavy atom. The second kappa shape index (κ2) is 10.7. The Morgan fingerprint density at radius 2 is 1.89 bits per heavy atom. The molecule has 0 bridgehead atoms. The second-order valence-electron chi connectivity index (χ2n) is 11.0. The molecule has 0 saturated heterocycles. The largest absolute Gasteiger partial charge is 0.354 e. The smallest absolute Gasteiger partial charge is 0.240 e. The van der Waals surface area contributed by atoms with E-state index in [-0.39, 0.29) is 46.5 Å². The van der Waals surface area contributed by atoms with Gasteiger partial charge in [0, 0.05) is 17.5 Å². The maximum Gasteiger partial charge on any atom is 0.240 e. The van der Waals surface area contributed by atoms with Gasteiger partial charge in [0.1, 0.15) is 18.2 Å². The van der Waals surface area contributed by atoms with Crippen LogP contribution in [0.5, 0.6) is 0 Å². The minimum absolute atomic E-state index is 0.115. The molecule has 2 heterocycles. The number of rotatable bonds is 6. The van der Waals surface area contributed by atoms with Crippen LogP contribution >= 0.6 is 11.8 Å². The van der Waals surface area contributed by atoms with Crippen molar-refractivity contribution in [2.24, 2.45) is 5.92 Å². The number of aryl methyl sites for hydroxylation is 1. The molecule has 2 aromatic carbocycles. The number of carbonyl (C=O) groups excluding carboxylic acids is 2. The van der Waals surface area contributed by atoms with Crippen LogP contribution in [0, 0.1) is 18.7 Å². The predicted octanol–water partition coefficient (Wildman–Crippen LogP) is 5.56. The lowest BCUT2D eigenvalue weighted by Gasteiger charge is -2.25. The van der Waals surface area contributed by atoms with E-state index in [0.29, 0.717) is 18.1 Å². The number of hydrogen-bond acceptors (Lipinski definition) is 4. The van der Waals surface area contributed by atoms with E-state index >= 15 is 0 Å². The molecule has 0 saturated carbocycles. The van der Waals surface area contributed by atoms with Gasteiger partial charge in [0.2, 0.25) is 11.8 Å². The molecule has 1 N–H and O–H groups in total. The Hall–Kier alpha value is -3.13. The quantitative estimate of drug-likeness (QED) is 0.460. The molecule has 0 radical (unpaired) electrons. The molecular weight excluding hydrogens is 487 g/mol. The number of halogens is 1. The van der Waals surface area contributed by atoms with Crippen LogP contribution in [0.25, 0.3) is 5.69 Å². The fourth-order valence-electron chi connectivity index (χ4n) is 4.45. The summed E-state index contributed by atoms with van der Waals surface area (Å²) in [5.41, 5.74) is 4.24. The number of benzene rings is 2. The summed E-state index contributed by atoms with van der Waals surface area (Å²) in [6.07, 6.45) is 0.